The highest BCUT2D eigenvalue weighted by Gasteiger charge is 2.51. The number of aliphatic hydroxyl groups excluding tert-OH is 5. The van der Waals surface area contributed by atoms with Crippen molar-refractivity contribution in [2.24, 2.45) is 0 Å². The molecular formula is C52H95O13P. The number of unbranched alkanes of at least 4 members (excludes halogenated alkanes) is 26. The van der Waals surface area contributed by atoms with Crippen LogP contribution in [-0.2, 0) is 32.7 Å². The highest BCUT2D eigenvalue weighted by atomic mass is 31.2. The molecule has 14 heteroatoms. The van der Waals surface area contributed by atoms with Gasteiger partial charge in [-0.2, -0.15) is 0 Å². The number of carbonyl (C=O) groups is 2. The Morgan fingerprint density at radius 2 is 0.818 bits per heavy atom. The van der Waals surface area contributed by atoms with E-state index >= 15 is 0 Å². The first-order valence-electron chi connectivity index (χ1n) is 26.3. The molecule has 1 saturated carbocycles. The van der Waals surface area contributed by atoms with Crippen molar-refractivity contribution in [2.75, 3.05) is 13.2 Å². The Labute approximate surface area is 399 Å². The highest BCUT2D eigenvalue weighted by molar-refractivity contribution is 7.47. The van der Waals surface area contributed by atoms with Crippen LogP contribution in [0.15, 0.2) is 36.5 Å². The van der Waals surface area contributed by atoms with E-state index in [1.54, 1.807) is 0 Å². The van der Waals surface area contributed by atoms with Crippen LogP contribution in [0.4, 0.5) is 0 Å². The smallest absolute Gasteiger partial charge is 0.462 e. The molecule has 1 aliphatic carbocycles. The minimum Gasteiger partial charge on any atom is -0.462 e. The average molecular weight is 959 g/mol. The molecule has 6 N–H and O–H groups in total. The Hall–Kier alpha value is -1.93. The van der Waals surface area contributed by atoms with Gasteiger partial charge in [0.25, 0.3) is 0 Å². The van der Waals surface area contributed by atoms with E-state index in [1.807, 2.05) is 0 Å². The summed E-state index contributed by atoms with van der Waals surface area (Å²) < 4.78 is 33.6. The van der Waals surface area contributed by atoms with Gasteiger partial charge in [-0.25, -0.2) is 4.57 Å². The van der Waals surface area contributed by atoms with Gasteiger partial charge in [0, 0.05) is 12.8 Å². The van der Waals surface area contributed by atoms with Gasteiger partial charge in [-0.3, -0.25) is 18.6 Å². The lowest BCUT2D eigenvalue weighted by Crippen LogP contribution is -2.64. The van der Waals surface area contributed by atoms with Crippen LogP contribution in [0.25, 0.3) is 0 Å². The van der Waals surface area contributed by atoms with Gasteiger partial charge in [0.1, 0.15) is 43.2 Å². The number of esters is 2. The molecule has 1 rings (SSSR count). The third kappa shape index (κ3) is 33.5. The van der Waals surface area contributed by atoms with Crippen molar-refractivity contribution in [3.8, 4) is 0 Å². The molecule has 8 atom stereocenters. The number of phosphoric acid groups is 1. The number of hydrogen-bond acceptors (Lipinski definition) is 12. The predicted molar refractivity (Wildman–Crippen MR) is 263 cm³/mol. The summed E-state index contributed by atoms with van der Waals surface area (Å²) in [6.07, 6.45) is 36.2. The van der Waals surface area contributed by atoms with Crippen molar-refractivity contribution >= 4 is 19.8 Å². The van der Waals surface area contributed by atoms with Gasteiger partial charge in [0.2, 0.25) is 0 Å². The summed E-state index contributed by atoms with van der Waals surface area (Å²) in [4.78, 5) is 35.8. The summed E-state index contributed by atoms with van der Waals surface area (Å²) in [5, 5.41) is 50.3. The first-order chi connectivity index (χ1) is 31.9. The quantitative estimate of drug-likeness (QED) is 0.0145. The fourth-order valence-electron chi connectivity index (χ4n) is 8.00. The summed E-state index contributed by atoms with van der Waals surface area (Å²) >= 11 is 0. The van der Waals surface area contributed by atoms with Crippen LogP contribution in [0.2, 0.25) is 0 Å². The normalized spacial score (nSPS) is 21.5. The van der Waals surface area contributed by atoms with E-state index in [9.17, 15) is 44.6 Å². The number of rotatable bonds is 44. The Balaban J connectivity index is 2.40. The minimum atomic E-state index is -5.13. The van der Waals surface area contributed by atoms with Crippen LogP contribution in [0, 0.1) is 0 Å². The molecule has 0 spiro atoms. The zero-order valence-corrected chi connectivity index (χ0v) is 42.1. The van der Waals surface area contributed by atoms with Crippen LogP contribution in [0.3, 0.4) is 0 Å². The molecule has 66 heavy (non-hydrogen) atoms. The second-order valence-corrected chi connectivity index (χ2v) is 19.8. The Morgan fingerprint density at radius 1 is 0.470 bits per heavy atom. The number of phosphoric ester groups is 1. The fraction of sp³-hybridized carbons (Fsp3) is 0.846. The van der Waals surface area contributed by atoms with Gasteiger partial charge in [0.05, 0.1) is 6.61 Å². The fourth-order valence-corrected chi connectivity index (χ4v) is 8.97. The molecule has 0 radical (unpaired) electrons. The van der Waals surface area contributed by atoms with E-state index in [0.717, 1.165) is 70.6 Å². The predicted octanol–water partition coefficient (Wildman–Crippen LogP) is 11.3. The number of ether oxygens (including phenoxy) is 2. The maximum Gasteiger partial charge on any atom is 0.472 e. The Morgan fingerprint density at radius 3 is 1.27 bits per heavy atom. The van der Waals surface area contributed by atoms with Gasteiger partial charge in [0.15, 0.2) is 6.10 Å². The summed E-state index contributed by atoms with van der Waals surface area (Å²) in [5.41, 5.74) is 0. The summed E-state index contributed by atoms with van der Waals surface area (Å²) in [7, 11) is -5.13. The lowest BCUT2D eigenvalue weighted by atomic mass is 9.85. The van der Waals surface area contributed by atoms with Gasteiger partial charge in [-0.05, 0) is 51.4 Å². The van der Waals surface area contributed by atoms with Crippen LogP contribution in [-0.4, -0.2) is 98.3 Å². The van der Waals surface area contributed by atoms with Crippen LogP contribution in [0.5, 0.6) is 0 Å². The summed E-state index contributed by atoms with van der Waals surface area (Å²) in [6, 6.07) is 0. The summed E-state index contributed by atoms with van der Waals surface area (Å²) in [6.45, 7) is 3.29. The first-order valence-corrected chi connectivity index (χ1v) is 27.8. The molecule has 0 aromatic carbocycles. The number of hydrogen-bond donors (Lipinski definition) is 6. The van der Waals surface area contributed by atoms with Gasteiger partial charge in [-0.1, -0.05) is 198 Å². The molecule has 6 unspecified atom stereocenters. The van der Waals surface area contributed by atoms with E-state index < -0.39 is 75.7 Å². The molecule has 0 aromatic heterocycles. The average Bonchev–Trinajstić information content (AvgIpc) is 3.30. The maximum absolute atomic E-state index is 12.9. The lowest BCUT2D eigenvalue weighted by Gasteiger charge is -2.41. The standard InChI is InChI=1S/C52H95O13P/c1-3-5-7-9-11-13-15-17-19-21-22-23-25-27-29-31-33-35-37-39-41-46(54)64-44(43-63-66(60,61)65-52-50(58)48(56)47(55)49(57)51(52)59)42-62-45(53)40-38-36-34-32-30-28-26-24-20-18-16-14-12-10-8-6-4-2/h12,14,18,20,26,28,44,47-52,55-59H,3-11,13,15-17,19,21-25,27,29-43H2,1-2H3,(H,60,61)/b14-12+,20-18+,28-26+/t44-,47?,48-,49?,50?,51?,52?/m1/s1. The maximum atomic E-state index is 12.9. The summed E-state index contributed by atoms with van der Waals surface area (Å²) in [5.74, 6) is -1.12. The molecule has 1 fully saturated rings. The van der Waals surface area contributed by atoms with Gasteiger partial charge in [-0.15, -0.1) is 0 Å². The van der Waals surface area contributed by atoms with Crippen molar-refractivity contribution < 1.29 is 63.1 Å². The van der Waals surface area contributed by atoms with Crippen molar-refractivity contribution in [1.82, 2.24) is 0 Å². The van der Waals surface area contributed by atoms with Gasteiger partial charge < -0.3 is 39.9 Å². The molecule has 1 aliphatic rings. The zero-order chi connectivity index (χ0) is 48.5. The van der Waals surface area contributed by atoms with Gasteiger partial charge >= 0.3 is 19.8 Å². The lowest BCUT2D eigenvalue weighted by molar-refractivity contribution is -0.220. The largest absolute Gasteiger partial charge is 0.472 e. The topological polar surface area (TPSA) is 210 Å². The minimum absolute atomic E-state index is 0.0952. The Bertz CT molecular complexity index is 1290. The van der Waals surface area contributed by atoms with E-state index in [-0.39, 0.29) is 12.8 Å². The molecule has 0 amide bonds. The molecule has 386 valence electrons. The SMILES string of the molecule is CCCCC/C=C/C/C=C/C/C=C/CCCCCCC(=O)OC[C@H](COP(=O)(O)OC1C(O)C(O)C(O)[C@@H](O)C1O)OC(=O)CCCCCCCCCCCCCCCCCCCCCC. The number of allylic oxidation sites excluding steroid dienone is 6. The van der Waals surface area contributed by atoms with E-state index in [4.69, 9.17) is 18.5 Å². The first kappa shape index (κ1) is 62.1. The third-order valence-corrected chi connectivity index (χ3v) is 13.2. The van der Waals surface area contributed by atoms with E-state index in [1.165, 1.54) is 116 Å². The highest BCUT2D eigenvalue weighted by Crippen LogP contribution is 2.47. The zero-order valence-electron chi connectivity index (χ0n) is 41.2. The molecule has 0 saturated heterocycles. The van der Waals surface area contributed by atoms with Crippen molar-refractivity contribution in [3.05, 3.63) is 36.5 Å². The Kier molecular flexibility index (Phi) is 39.5. The second-order valence-electron chi connectivity index (χ2n) is 18.4. The number of carbonyl (C=O) groups excluding carboxylic acids is 2. The molecule has 0 aliphatic heterocycles. The molecule has 0 aromatic rings. The molecule has 13 nitrogen and oxygen atoms in total. The molecular weight excluding hydrogens is 864 g/mol. The van der Waals surface area contributed by atoms with E-state index in [0.29, 0.717) is 12.8 Å². The monoisotopic (exact) mass is 959 g/mol. The molecule has 0 heterocycles. The van der Waals surface area contributed by atoms with E-state index in [2.05, 4.69) is 50.3 Å². The van der Waals surface area contributed by atoms with Crippen LogP contribution in [0.1, 0.15) is 226 Å². The third-order valence-electron chi connectivity index (χ3n) is 12.2. The van der Waals surface area contributed by atoms with Crippen LogP contribution >= 0.6 is 7.82 Å². The van der Waals surface area contributed by atoms with Crippen molar-refractivity contribution in [3.63, 3.8) is 0 Å². The van der Waals surface area contributed by atoms with Crippen LogP contribution < -0.4 is 0 Å². The van der Waals surface area contributed by atoms with Crippen molar-refractivity contribution in [1.29, 1.82) is 0 Å². The van der Waals surface area contributed by atoms with Crippen molar-refractivity contribution in [2.45, 2.75) is 268 Å². The second kappa shape index (κ2) is 42.0. The molecule has 0 bridgehead atoms. The number of aliphatic hydroxyl groups is 5.